The second kappa shape index (κ2) is 6.15. The van der Waals surface area contributed by atoms with Gasteiger partial charge in [-0.3, -0.25) is 0 Å². The Balaban J connectivity index is 1.86. The molecule has 0 fully saturated rings. The molecule has 5 heteroatoms. The van der Waals surface area contributed by atoms with Gasteiger partial charge in [-0.2, -0.15) is 0 Å². The van der Waals surface area contributed by atoms with E-state index in [-0.39, 0.29) is 22.4 Å². The van der Waals surface area contributed by atoms with Crippen molar-refractivity contribution in [2.45, 2.75) is 37.7 Å². The molecule has 1 heterocycles. The summed E-state index contributed by atoms with van der Waals surface area (Å²) in [6, 6.07) is 4.60. The summed E-state index contributed by atoms with van der Waals surface area (Å²) in [5.41, 5.74) is 1.11. The van der Waals surface area contributed by atoms with Crippen LogP contribution in [0.5, 0.6) is 0 Å². The van der Waals surface area contributed by atoms with Crippen molar-refractivity contribution in [3.05, 3.63) is 55.7 Å². The zero-order valence-corrected chi connectivity index (χ0v) is 13.7. The summed E-state index contributed by atoms with van der Waals surface area (Å²) in [6.07, 6.45) is 2.14. The molecule has 112 valence electrons. The maximum atomic E-state index is 14.0. The van der Waals surface area contributed by atoms with E-state index in [0.717, 1.165) is 24.8 Å². The minimum absolute atomic E-state index is 0.00292. The van der Waals surface area contributed by atoms with Gasteiger partial charge < -0.3 is 5.11 Å². The Morgan fingerprint density at radius 3 is 2.95 bits per heavy atom. The van der Waals surface area contributed by atoms with Crippen molar-refractivity contribution >= 4 is 27.3 Å². The fraction of sp³-hybridized carbons (Fsp3) is 0.375. The quantitative estimate of drug-likeness (QED) is 0.766. The molecule has 0 aliphatic heterocycles. The lowest BCUT2D eigenvalue weighted by Crippen LogP contribution is -2.25. The number of hydrogen-bond acceptors (Lipinski definition) is 2. The third-order valence-electron chi connectivity index (χ3n) is 4.11. The maximum Gasteiger partial charge on any atom is 0.143 e. The van der Waals surface area contributed by atoms with Gasteiger partial charge in [-0.25, -0.2) is 8.78 Å². The van der Waals surface area contributed by atoms with Crippen molar-refractivity contribution in [3.63, 3.8) is 0 Å². The fourth-order valence-electron chi connectivity index (χ4n) is 3.03. The van der Waals surface area contributed by atoms with E-state index in [1.54, 1.807) is 11.3 Å². The molecule has 1 aliphatic rings. The Morgan fingerprint density at radius 1 is 1.33 bits per heavy atom. The molecular weight excluding hydrogens is 358 g/mol. The average Bonchev–Trinajstić information content (AvgIpc) is 2.95. The zero-order valence-electron chi connectivity index (χ0n) is 11.3. The van der Waals surface area contributed by atoms with Crippen LogP contribution in [0.25, 0.3) is 0 Å². The van der Waals surface area contributed by atoms with Gasteiger partial charge in [-0.05, 0) is 64.3 Å². The highest BCUT2D eigenvalue weighted by Crippen LogP contribution is 2.38. The van der Waals surface area contributed by atoms with Gasteiger partial charge in [0, 0.05) is 22.8 Å². The lowest BCUT2D eigenvalue weighted by molar-refractivity contribution is 0.133. The summed E-state index contributed by atoms with van der Waals surface area (Å²) in [4.78, 5) is 1.29. The Hall–Kier alpha value is -0.780. The van der Waals surface area contributed by atoms with E-state index in [9.17, 15) is 13.9 Å². The number of thiophene rings is 1. The highest BCUT2D eigenvalue weighted by molar-refractivity contribution is 9.10. The normalized spacial score (nSPS) is 19.3. The van der Waals surface area contributed by atoms with Gasteiger partial charge in [0.25, 0.3) is 0 Å². The molecule has 2 unspecified atom stereocenters. The molecule has 2 atom stereocenters. The van der Waals surface area contributed by atoms with Crippen LogP contribution in [-0.4, -0.2) is 11.2 Å². The van der Waals surface area contributed by atoms with Gasteiger partial charge in [0.1, 0.15) is 11.6 Å². The molecule has 2 aromatic rings. The molecular formula is C16H15BrF2OS. The summed E-state index contributed by atoms with van der Waals surface area (Å²) in [5.74, 6) is -1.25. The summed E-state index contributed by atoms with van der Waals surface area (Å²) >= 11 is 4.76. The van der Waals surface area contributed by atoms with E-state index in [1.165, 1.54) is 17.0 Å². The third kappa shape index (κ3) is 2.91. The van der Waals surface area contributed by atoms with Gasteiger partial charge in [0.05, 0.1) is 10.6 Å². The maximum absolute atomic E-state index is 14.0. The molecule has 1 aromatic heterocycles. The lowest BCUT2D eigenvalue weighted by Gasteiger charge is -2.27. The Morgan fingerprint density at radius 2 is 2.14 bits per heavy atom. The molecule has 0 amide bonds. The van der Waals surface area contributed by atoms with Gasteiger partial charge in [0.2, 0.25) is 0 Å². The molecule has 21 heavy (non-hydrogen) atoms. The Bertz CT molecular complexity index is 656. The highest BCUT2D eigenvalue weighted by atomic mass is 79.9. The highest BCUT2D eigenvalue weighted by Gasteiger charge is 2.29. The Kier molecular flexibility index (Phi) is 4.43. The van der Waals surface area contributed by atoms with Crippen molar-refractivity contribution in [1.29, 1.82) is 0 Å². The summed E-state index contributed by atoms with van der Waals surface area (Å²) in [7, 11) is 0. The minimum Gasteiger partial charge on any atom is -0.392 e. The molecule has 0 radical (unpaired) electrons. The largest absolute Gasteiger partial charge is 0.392 e. The standard InChI is InChI=1S/C16H15BrF2OS/c17-12-4-5-13(18)11(16(12)19)8-14(20)9-2-1-3-15-10(9)6-7-21-15/h4-7,9,14,20H,1-3,8H2. The molecule has 1 nitrogen and oxygen atoms in total. The number of benzene rings is 1. The van der Waals surface area contributed by atoms with E-state index in [0.29, 0.717) is 0 Å². The predicted octanol–water partition coefficient (Wildman–Crippen LogP) is 4.81. The molecule has 1 aromatic carbocycles. The molecule has 3 rings (SSSR count). The summed E-state index contributed by atoms with van der Waals surface area (Å²) in [5, 5.41) is 12.5. The van der Waals surface area contributed by atoms with Crippen molar-refractivity contribution in [3.8, 4) is 0 Å². The number of fused-ring (bicyclic) bond motifs is 1. The first-order valence-electron chi connectivity index (χ1n) is 6.94. The van der Waals surface area contributed by atoms with Crippen LogP contribution in [0.15, 0.2) is 28.1 Å². The number of rotatable bonds is 3. The monoisotopic (exact) mass is 372 g/mol. The number of aliphatic hydroxyl groups is 1. The van der Waals surface area contributed by atoms with Gasteiger partial charge in [0.15, 0.2) is 0 Å². The fourth-order valence-corrected chi connectivity index (χ4v) is 4.40. The van der Waals surface area contributed by atoms with Gasteiger partial charge in [-0.15, -0.1) is 11.3 Å². The van der Waals surface area contributed by atoms with Crippen LogP contribution < -0.4 is 0 Å². The molecule has 1 aliphatic carbocycles. The third-order valence-corrected chi connectivity index (χ3v) is 5.72. The molecule has 0 spiro atoms. The van der Waals surface area contributed by atoms with E-state index < -0.39 is 17.7 Å². The SMILES string of the molecule is OC(Cc1c(F)ccc(Br)c1F)C1CCCc2sccc21. The van der Waals surface area contributed by atoms with Crippen LogP contribution in [0, 0.1) is 11.6 Å². The first kappa shape index (κ1) is 15.1. The van der Waals surface area contributed by atoms with Gasteiger partial charge in [-0.1, -0.05) is 0 Å². The van der Waals surface area contributed by atoms with E-state index >= 15 is 0 Å². The lowest BCUT2D eigenvalue weighted by atomic mass is 9.82. The first-order valence-corrected chi connectivity index (χ1v) is 8.62. The first-order chi connectivity index (χ1) is 10.1. The average molecular weight is 373 g/mol. The zero-order chi connectivity index (χ0) is 15.0. The van der Waals surface area contributed by atoms with Gasteiger partial charge >= 0.3 is 0 Å². The predicted molar refractivity (Wildman–Crippen MR) is 83.8 cm³/mol. The second-order valence-corrected chi connectivity index (χ2v) is 7.25. The molecule has 1 N–H and O–H groups in total. The number of halogens is 3. The molecule has 0 bridgehead atoms. The topological polar surface area (TPSA) is 20.2 Å². The van der Waals surface area contributed by atoms with Crippen molar-refractivity contribution in [2.75, 3.05) is 0 Å². The number of aliphatic hydroxyl groups excluding tert-OH is 1. The van der Waals surface area contributed by atoms with Crippen LogP contribution in [0.4, 0.5) is 8.78 Å². The number of hydrogen-bond donors (Lipinski definition) is 1. The Labute approximate surface area is 134 Å². The summed E-state index contributed by atoms with van der Waals surface area (Å²) in [6.45, 7) is 0. The second-order valence-electron chi connectivity index (χ2n) is 5.39. The van der Waals surface area contributed by atoms with Crippen LogP contribution >= 0.6 is 27.3 Å². The smallest absolute Gasteiger partial charge is 0.143 e. The van der Waals surface area contributed by atoms with Crippen molar-refractivity contribution in [1.82, 2.24) is 0 Å². The molecule has 0 saturated heterocycles. The van der Waals surface area contributed by atoms with Crippen LogP contribution in [-0.2, 0) is 12.8 Å². The van der Waals surface area contributed by atoms with Crippen LogP contribution in [0.2, 0.25) is 0 Å². The van der Waals surface area contributed by atoms with Crippen LogP contribution in [0.3, 0.4) is 0 Å². The van der Waals surface area contributed by atoms with Crippen molar-refractivity contribution in [2.24, 2.45) is 0 Å². The van der Waals surface area contributed by atoms with Crippen molar-refractivity contribution < 1.29 is 13.9 Å². The van der Waals surface area contributed by atoms with Crippen LogP contribution in [0.1, 0.15) is 34.8 Å². The van der Waals surface area contributed by atoms with E-state index in [2.05, 4.69) is 15.9 Å². The molecule has 0 saturated carbocycles. The summed E-state index contributed by atoms with van der Waals surface area (Å²) < 4.78 is 28.1. The van der Waals surface area contributed by atoms with E-state index in [4.69, 9.17) is 0 Å². The minimum atomic E-state index is -0.767. The number of aryl methyl sites for hydroxylation is 1. The van der Waals surface area contributed by atoms with E-state index in [1.807, 2.05) is 11.4 Å².